The number of thioether (sulfide) groups is 2. The fourth-order valence-electron chi connectivity index (χ4n) is 2.24. The number of pyridine rings is 1. The molecule has 1 amide bonds. The van der Waals surface area contributed by atoms with E-state index >= 15 is 0 Å². The maximum Gasteiger partial charge on any atom is 0.236 e. The predicted octanol–water partition coefficient (Wildman–Crippen LogP) is 2.88. The summed E-state index contributed by atoms with van der Waals surface area (Å²) in [5.74, 6) is 1.51. The normalized spacial score (nSPS) is 11.0. The summed E-state index contributed by atoms with van der Waals surface area (Å²) in [4.78, 5) is 16.5. The Balaban J connectivity index is 1.43. The van der Waals surface area contributed by atoms with Gasteiger partial charge < -0.3 is 0 Å². The van der Waals surface area contributed by atoms with E-state index in [1.54, 1.807) is 22.5 Å². The summed E-state index contributed by atoms with van der Waals surface area (Å²) in [7, 11) is 0. The molecule has 28 heavy (non-hydrogen) atoms. The van der Waals surface area contributed by atoms with Gasteiger partial charge in [0.2, 0.25) is 16.9 Å². The number of nitrogens with one attached hydrogen (secondary N) is 1. The number of hydrogen-bond acceptors (Lipinski definition) is 10. The third-order valence-corrected chi connectivity index (χ3v) is 6.18. The van der Waals surface area contributed by atoms with Crippen molar-refractivity contribution in [3.63, 3.8) is 0 Å². The molecule has 0 saturated heterocycles. The van der Waals surface area contributed by atoms with Crippen LogP contribution in [-0.4, -0.2) is 52.4 Å². The molecule has 0 spiro atoms. The number of rotatable bonds is 7. The van der Waals surface area contributed by atoms with Gasteiger partial charge in [0.15, 0.2) is 9.99 Å². The van der Waals surface area contributed by atoms with Crippen LogP contribution in [0.25, 0.3) is 17.2 Å². The number of fused-ring (bicyclic) bond motifs is 1. The quantitative estimate of drug-likeness (QED) is 0.349. The SMILES string of the molecule is CCSc1nnc(NC(=O)CSc2ccc3nnc(-c4ccccn4)n3n2)s1. The van der Waals surface area contributed by atoms with Gasteiger partial charge >= 0.3 is 0 Å². The first-order valence-electron chi connectivity index (χ1n) is 8.26. The summed E-state index contributed by atoms with van der Waals surface area (Å²) in [6.45, 7) is 2.04. The molecule has 0 unspecified atom stereocenters. The van der Waals surface area contributed by atoms with Gasteiger partial charge in [0, 0.05) is 6.20 Å². The lowest BCUT2D eigenvalue weighted by Crippen LogP contribution is -2.14. The van der Waals surface area contributed by atoms with Crippen LogP contribution in [0.3, 0.4) is 0 Å². The van der Waals surface area contributed by atoms with Gasteiger partial charge in [-0.15, -0.1) is 20.4 Å². The topological polar surface area (TPSA) is 111 Å². The van der Waals surface area contributed by atoms with E-state index in [9.17, 15) is 4.79 Å². The molecule has 142 valence electrons. The van der Waals surface area contributed by atoms with Crippen LogP contribution in [0, 0.1) is 0 Å². The van der Waals surface area contributed by atoms with Crippen LogP contribution in [-0.2, 0) is 4.79 Å². The summed E-state index contributed by atoms with van der Waals surface area (Å²) >= 11 is 4.28. The molecule has 4 aromatic heterocycles. The van der Waals surface area contributed by atoms with Crippen molar-refractivity contribution < 1.29 is 4.79 Å². The Morgan fingerprint density at radius 3 is 2.89 bits per heavy atom. The van der Waals surface area contributed by atoms with Crippen molar-refractivity contribution in [3.05, 3.63) is 36.5 Å². The fourth-order valence-corrected chi connectivity index (χ4v) is 4.56. The summed E-state index contributed by atoms with van der Waals surface area (Å²) in [5, 5.41) is 24.7. The van der Waals surface area contributed by atoms with Crippen LogP contribution in [0.2, 0.25) is 0 Å². The van der Waals surface area contributed by atoms with Gasteiger partial charge in [-0.1, -0.05) is 47.9 Å². The third kappa shape index (κ3) is 4.29. The lowest BCUT2D eigenvalue weighted by atomic mass is 10.3. The molecule has 4 heterocycles. The lowest BCUT2D eigenvalue weighted by Gasteiger charge is -2.03. The van der Waals surface area contributed by atoms with Crippen LogP contribution in [0.1, 0.15) is 6.92 Å². The maximum atomic E-state index is 12.2. The standard InChI is InChI=1S/C16H14N8OS3/c1-2-26-16-22-21-15(28-16)18-12(25)9-27-13-7-6-11-19-20-14(24(11)23-13)10-5-3-4-8-17-10/h3-8H,2,9H2,1H3,(H,18,21,25). The van der Waals surface area contributed by atoms with Crippen LogP contribution in [0.4, 0.5) is 5.13 Å². The van der Waals surface area contributed by atoms with Crippen molar-refractivity contribution >= 4 is 51.5 Å². The van der Waals surface area contributed by atoms with Gasteiger partial charge in [0.25, 0.3) is 0 Å². The average Bonchev–Trinajstić information content (AvgIpc) is 3.34. The van der Waals surface area contributed by atoms with E-state index in [-0.39, 0.29) is 11.7 Å². The molecule has 0 aliphatic carbocycles. The highest BCUT2D eigenvalue weighted by Gasteiger charge is 2.13. The molecule has 1 N–H and O–H groups in total. The number of amides is 1. The van der Waals surface area contributed by atoms with Crippen molar-refractivity contribution in [2.45, 2.75) is 16.3 Å². The average molecular weight is 431 g/mol. The van der Waals surface area contributed by atoms with E-state index in [2.05, 4.69) is 35.8 Å². The van der Waals surface area contributed by atoms with Gasteiger partial charge in [0.1, 0.15) is 10.7 Å². The van der Waals surface area contributed by atoms with Crippen LogP contribution in [0.15, 0.2) is 45.9 Å². The molecule has 0 radical (unpaired) electrons. The zero-order valence-corrected chi connectivity index (χ0v) is 17.1. The second-order valence-electron chi connectivity index (χ2n) is 5.32. The van der Waals surface area contributed by atoms with Gasteiger partial charge in [0.05, 0.1) is 5.75 Å². The highest BCUT2D eigenvalue weighted by molar-refractivity contribution is 8.01. The summed E-state index contributed by atoms with van der Waals surface area (Å²) in [6, 6.07) is 9.18. The monoisotopic (exact) mass is 430 g/mol. The largest absolute Gasteiger partial charge is 0.300 e. The molecule has 12 heteroatoms. The molecular formula is C16H14N8OS3. The molecular weight excluding hydrogens is 416 g/mol. The minimum atomic E-state index is -0.162. The van der Waals surface area contributed by atoms with Crippen molar-refractivity contribution in [1.29, 1.82) is 0 Å². The minimum Gasteiger partial charge on any atom is -0.300 e. The Morgan fingerprint density at radius 1 is 1.14 bits per heavy atom. The second-order valence-corrected chi connectivity index (χ2v) is 8.81. The molecule has 0 fully saturated rings. The van der Waals surface area contributed by atoms with Gasteiger partial charge in [-0.25, -0.2) is 0 Å². The van der Waals surface area contributed by atoms with Crippen LogP contribution in [0.5, 0.6) is 0 Å². The van der Waals surface area contributed by atoms with Gasteiger partial charge in [-0.3, -0.25) is 15.1 Å². The van der Waals surface area contributed by atoms with E-state index < -0.39 is 0 Å². The zero-order chi connectivity index (χ0) is 19.3. The van der Waals surface area contributed by atoms with Crippen molar-refractivity contribution in [2.75, 3.05) is 16.8 Å². The molecule has 4 rings (SSSR count). The van der Waals surface area contributed by atoms with Crippen molar-refractivity contribution in [2.24, 2.45) is 0 Å². The second kappa shape index (κ2) is 8.63. The van der Waals surface area contributed by atoms with E-state index in [4.69, 9.17) is 0 Å². The molecule has 0 aromatic carbocycles. The number of aromatic nitrogens is 7. The highest BCUT2D eigenvalue weighted by atomic mass is 32.2. The number of carbonyl (C=O) groups is 1. The number of carbonyl (C=O) groups excluding carboxylic acids is 1. The summed E-state index contributed by atoms with van der Waals surface area (Å²) in [6.07, 6.45) is 1.69. The van der Waals surface area contributed by atoms with Crippen molar-refractivity contribution in [1.82, 2.24) is 35.0 Å². The van der Waals surface area contributed by atoms with Crippen molar-refractivity contribution in [3.8, 4) is 11.5 Å². The predicted molar refractivity (Wildman–Crippen MR) is 110 cm³/mol. The first-order valence-corrected chi connectivity index (χ1v) is 11.0. The highest BCUT2D eigenvalue weighted by Crippen LogP contribution is 2.25. The van der Waals surface area contributed by atoms with E-state index in [1.807, 2.05) is 37.3 Å². The molecule has 0 aliphatic heterocycles. The van der Waals surface area contributed by atoms with Crippen LogP contribution < -0.4 is 5.32 Å². The Bertz CT molecular complexity index is 1100. The molecule has 0 saturated carbocycles. The number of hydrogen-bond donors (Lipinski definition) is 1. The third-order valence-electron chi connectivity index (χ3n) is 3.40. The van der Waals surface area contributed by atoms with E-state index in [1.165, 1.54) is 23.1 Å². The summed E-state index contributed by atoms with van der Waals surface area (Å²) < 4.78 is 2.47. The van der Waals surface area contributed by atoms with E-state index in [0.29, 0.717) is 27.3 Å². The van der Waals surface area contributed by atoms with E-state index in [0.717, 1.165) is 10.1 Å². The Hall–Kier alpha value is -2.57. The molecule has 0 aliphatic rings. The first kappa shape index (κ1) is 18.8. The number of anilines is 1. The number of nitrogens with zero attached hydrogens (tertiary/aromatic N) is 7. The van der Waals surface area contributed by atoms with Gasteiger partial charge in [-0.05, 0) is 30.0 Å². The summed E-state index contributed by atoms with van der Waals surface area (Å²) in [5.41, 5.74) is 1.30. The molecule has 0 bridgehead atoms. The molecule has 0 atom stereocenters. The fraction of sp³-hybridized carbons (Fsp3) is 0.188. The Kier molecular flexibility index (Phi) is 5.78. The zero-order valence-electron chi connectivity index (χ0n) is 14.6. The van der Waals surface area contributed by atoms with Gasteiger partial charge in [-0.2, -0.15) is 9.61 Å². The molecule has 9 nitrogen and oxygen atoms in total. The first-order chi connectivity index (χ1) is 13.7. The van der Waals surface area contributed by atoms with Crippen LogP contribution >= 0.6 is 34.9 Å². The minimum absolute atomic E-state index is 0.162. The molecule has 4 aromatic rings. The maximum absolute atomic E-state index is 12.2. The Morgan fingerprint density at radius 2 is 2.07 bits per heavy atom. The Labute approximate surface area is 172 Å². The lowest BCUT2D eigenvalue weighted by molar-refractivity contribution is -0.113. The smallest absolute Gasteiger partial charge is 0.236 e.